The number of carbonyl (C=O) groups excluding carboxylic acids is 1. The van der Waals surface area contributed by atoms with Gasteiger partial charge in [-0.05, 0) is 52.6 Å². The van der Waals surface area contributed by atoms with Crippen LogP contribution in [0.3, 0.4) is 0 Å². The third-order valence-corrected chi connectivity index (χ3v) is 3.55. The van der Waals surface area contributed by atoms with Gasteiger partial charge in [-0.15, -0.1) is 0 Å². The molecule has 0 aromatic carbocycles. The SMILES string of the molecule is CCCNC(C)(CCCn1nc(C)cc1C)C(=O)OC. The summed E-state index contributed by atoms with van der Waals surface area (Å²) < 4.78 is 6.91. The molecule has 0 saturated heterocycles. The monoisotopic (exact) mass is 281 g/mol. The molecular formula is C15H27N3O2. The second-order valence-electron chi connectivity index (χ2n) is 5.50. The molecule has 5 heteroatoms. The number of aromatic nitrogens is 2. The Hall–Kier alpha value is -1.36. The Morgan fingerprint density at radius 1 is 1.50 bits per heavy atom. The van der Waals surface area contributed by atoms with Gasteiger partial charge in [0.05, 0.1) is 12.8 Å². The Bertz CT molecular complexity index is 442. The van der Waals surface area contributed by atoms with E-state index < -0.39 is 5.54 Å². The van der Waals surface area contributed by atoms with Crippen molar-refractivity contribution in [3.63, 3.8) is 0 Å². The lowest BCUT2D eigenvalue weighted by Crippen LogP contribution is -2.50. The first-order chi connectivity index (χ1) is 9.42. The van der Waals surface area contributed by atoms with Crippen LogP contribution in [0.4, 0.5) is 0 Å². The van der Waals surface area contributed by atoms with Crippen molar-refractivity contribution < 1.29 is 9.53 Å². The average molecular weight is 281 g/mol. The predicted octanol–water partition coefficient (Wildman–Crippen LogP) is 2.21. The third-order valence-electron chi connectivity index (χ3n) is 3.55. The molecule has 0 spiro atoms. The van der Waals surface area contributed by atoms with E-state index in [0.29, 0.717) is 0 Å². The smallest absolute Gasteiger partial charge is 0.325 e. The normalized spacial score (nSPS) is 14.1. The van der Waals surface area contributed by atoms with E-state index in [1.165, 1.54) is 7.11 Å². The van der Waals surface area contributed by atoms with E-state index in [-0.39, 0.29) is 5.97 Å². The van der Waals surface area contributed by atoms with Crippen molar-refractivity contribution in [2.24, 2.45) is 0 Å². The fourth-order valence-electron chi connectivity index (χ4n) is 2.37. The second-order valence-corrected chi connectivity index (χ2v) is 5.50. The van der Waals surface area contributed by atoms with Crippen LogP contribution in [-0.2, 0) is 16.1 Å². The van der Waals surface area contributed by atoms with E-state index in [1.807, 2.05) is 18.5 Å². The predicted molar refractivity (Wildman–Crippen MR) is 79.6 cm³/mol. The molecule has 0 bridgehead atoms. The zero-order valence-corrected chi connectivity index (χ0v) is 13.3. The number of nitrogens with one attached hydrogen (secondary N) is 1. The maximum Gasteiger partial charge on any atom is 0.325 e. The van der Waals surface area contributed by atoms with Crippen molar-refractivity contribution in [1.29, 1.82) is 0 Å². The molecular weight excluding hydrogens is 254 g/mol. The molecule has 1 atom stereocenters. The molecule has 20 heavy (non-hydrogen) atoms. The lowest BCUT2D eigenvalue weighted by atomic mass is 9.95. The summed E-state index contributed by atoms with van der Waals surface area (Å²) in [6, 6.07) is 2.06. The Morgan fingerprint density at radius 3 is 2.70 bits per heavy atom. The molecule has 0 radical (unpaired) electrons. The number of hydrogen-bond donors (Lipinski definition) is 1. The van der Waals surface area contributed by atoms with E-state index in [4.69, 9.17) is 4.74 Å². The minimum atomic E-state index is -0.610. The summed E-state index contributed by atoms with van der Waals surface area (Å²) in [6.07, 6.45) is 2.60. The maximum atomic E-state index is 11.9. The van der Waals surface area contributed by atoms with Crippen LogP contribution < -0.4 is 5.32 Å². The summed E-state index contributed by atoms with van der Waals surface area (Å²) in [7, 11) is 1.44. The van der Waals surface area contributed by atoms with Gasteiger partial charge < -0.3 is 10.1 Å². The Labute approximate surface area is 121 Å². The molecule has 0 saturated carbocycles. The molecule has 0 aliphatic carbocycles. The Balaban J connectivity index is 2.58. The summed E-state index contributed by atoms with van der Waals surface area (Å²) in [4.78, 5) is 11.9. The number of esters is 1. The number of rotatable bonds is 8. The molecule has 0 aliphatic rings. The summed E-state index contributed by atoms with van der Waals surface area (Å²) in [6.45, 7) is 9.67. The van der Waals surface area contributed by atoms with Gasteiger partial charge in [0.2, 0.25) is 0 Å². The number of ether oxygens (including phenoxy) is 1. The minimum absolute atomic E-state index is 0.195. The summed E-state index contributed by atoms with van der Waals surface area (Å²) in [5.41, 5.74) is 1.58. The van der Waals surface area contributed by atoms with Crippen LogP contribution >= 0.6 is 0 Å². The van der Waals surface area contributed by atoms with Gasteiger partial charge in [0.1, 0.15) is 5.54 Å². The summed E-state index contributed by atoms with van der Waals surface area (Å²) >= 11 is 0. The molecule has 5 nitrogen and oxygen atoms in total. The third kappa shape index (κ3) is 4.34. The topological polar surface area (TPSA) is 56.2 Å². The highest BCUT2D eigenvalue weighted by atomic mass is 16.5. The first-order valence-corrected chi connectivity index (χ1v) is 7.27. The lowest BCUT2D eigenvalue weighted by Gasteiger charge is -2.28. The zero-order chi connectivity index (χ0) is 15.2. The van der Waals surface area contributed by atoms with E-state index in [1.54, 1.807) is 0 Å². The van der Waals surface area contributed by atoms with Crippen molar-refractivity contribution in [2.75, 3.05) is 13.7 Å². The van der Waals surface area contributed by atoms with Crippen molar-refractivity contribution in [2.45, 2.75) is 59.0 Å². The van der Waals surface area contributed by atoms with Crippen molar-refractivity contribution in [1.82, 2.24) is 15.1 Å². The second kappa shape index (κ2) is 7.43. The molecule has 0 aliphatic heterocycles. The van der Waals surface area contributed by atoms with E-state index >= 15 is 0 Å². The van der Waals surface area contributed by atoms with Crippen molar-refractivity contribution in [3.05, 3.63) is 17.5 Å². The van der Waals surface area contributed by atoms with Gasteiger partial charge in [0.15, 0.2) is 0 Å². The highest BCUT2D eigenvalue weighted by Crippen LogP contribution is 2.16. The fraction of sp³-hybridized carbons (Fsp3) is 0.733. The highest BCUT2D eigenvalue weighted by Gasteiger charge is 2.32. The maximum absolute atomic E-state index is 11.9. The number of nitrogens with zero attached hydrogens (tertiary/aromatic N) is 2. The van der Waals surface area contributed by atoms with Gasteiger partial charge in [-0.25, -0.2) is 0 Å². The lowest BCUT2D eigenvalue weighted by molar-refractivity contribution is -0.148. The molecule has 1 heterocycles. The minimum Gasteiger partial charge on any atom is -0.468 e. The van der Waals surface area contributed by atoms with Crippen LogP contribution in [0, 0.1) is 13.8 Å². The zero-order valence-electron chi connectivity index (χ0n) is 13.3. The van der Waals surface area contributed by atoms with E-state index in [9.17, 15) is 4.79 Å². The average Bonchev–Trinajstić information content (AvgIpc) is 2.73. The fourth-order valence-corrected chi connectivity index (χ4v) is 2.37. The van der Waals surface area contributed by atoms with Crippen LogP contribution in [0.15, 0.2) is 6.07 Å². The Kier molecular flexibility index (Phi) is 6.20. The highest BCUT2D eigenvalue weighted by molar-refractivity contribution is 5.80. The van der Waals surface area contributed by atoms with Crippen LogP contribution in [0.5, 0.6) is 0 Å². The van der Waals surface area contributed by atoms with Crippen LogP contribution in [0.1, 0.15) is 44.5 Å². The molecule has 1 aromatic heterocycles. The number of methoxy groups -OCH3 is 1. The van der Waals surface area contributed by atoms with Gasteiger partial charge in [0.25, 0.3) is 0 Å². The van der Waals surface area contributed by atoms with Gasteiger partial charge >= 0.3 is 5.97 Å². The van der Waals surface area contributed by atoms with Gasteiger partial charge in [-0.2, -0.15) is 5.10 Å². The largest absolute Gasteiger partial charge is 0.468 e. The first kappa shape index (κ1) is 16.7. The molecule has 0 fully saturated rings. The Morgan fingerprint density at radius 2 is 2.20 bits per heavy atom. The van der Waals surface area contributed by atoms with Crippen molar-refractivity contribution in [3.8, 4) is 0 Å². The molecule has 1 unspecified atom stereocenters. The summed E-state index contributed by atoms with van der Waals surface area (Å²) in [5.74, 6) is -0.195. The molecule has 0 amide bonds. The molecule has 114 valence electrons. The number of carbonyl (C=O) groups is 1. The van der Waals surface area contributed by atoms with Crippen LogP contribution in [0.2, 0.25) is 0 Å². The van der Waals surface area contributed by atoms with Gasteiger partial charge in [-0.1, -0.05) is 6.92 Å². The molecule has 1 aromatic rings. The van der Waals surface area contributed by atoms with Gasteiger partial charge in [-0.3, -0.25) is 9.48 Å². The van der Waals surface area contributed by atoms with Crippen molar-refractivity contribution >= 4 is 5.97 Å². The standard InChI is InChI=1S/C15H27N3O2/c1-6-9-16-15(4,14(19)20-5)8-7-10-18-13(3)11-12(2)17-18/h11,16H,6-10H2,1-5H3. The first-order valence-electron chi connectivity index (χ1n) is 7.27. The van der Waals surface area contributed by atoms with Gasteiger partial charge in [0, 0.05) is 12.2 Å². The van der Waals surface area contributed by atoms with Crippen LogP contribution in [-0.4, -0.2) is 34.9 Å². The number of hydrogen-bond acceptors (Lipinski definition) is 4. The molecule has 1 N–H and O–H groups in total. The summed E-state index contributed by atoms with van der Waals surface area (Å²) in [5, 5.41) is 7.74. The van der Waals surface area contributed by atoms with E-state index in [2.05, 4.69) is 30.3 Å². The quantitative estimate of drug-likeness (QED) is 0.742. The van der Waals surface area contributed by atoms with E-state index in [0.717, 1.165) is 43.7 Å². The number of aryl methyl sites for hydroxylation is 3. The molecule has 1 rings (SSSR count). The van der Waals surface area contributed by atoms with Crippen LogP contribution in [0.25, 0.3) is 0 Å².